The van der Waals surface area contributed by atoms with Crippen LogP contribution in [0.5, 0.6) is 0 Å². The monoisotopic (exact) mass is 311 g/mol. The van der Waals surface area contributed by atoms with Crippen molar-refractivity contribution in [1.82, 2.24) is 4.90 Å². The van der Waals surface area contributed by atoms with Crippen LogP contribution in [-0.2, 0) is 14.6 Å². The number of aliphatic carboxylic acids is 1. The molecule has 0 aromatic rings. The number of nitrogens with zero attached hydrogens (tertiary/aromatic N) is 1. The molecule has 8 heteroatoms. The van der Waals surface area contributed by atoms with Crippen LogP contribution in [0.3, 0.4) is 0 Å². The molecule has 2 aliphatic heterocycles. The van der Waals surface area contributed by atoms with Crippen LogP contribution in [0.2, 0.25) is 0 Å². The Labute approximate surface area is 116 Å². The fourth-order valence-corrected chi connectivity index (χ4v) is 4.52. The highest BCUT2D eigenvalue weighted by Crippen LogP contribution is 2.39. The molecule has 0 aromatic carbocycles. The van der Waals surface area contributed by atoms with E-state index in [0.29, 0.717) is 25.9 Å². The van der Waals surface area contributed by atoms with Crippen LogP contribution in [-0.4, -0.2) is 61.5 Å². The lowest BCUT2D eigenvalue weighted by Gasteiger charge is -2.42. The minimum atomic E-state index is -2.94. The maximum atomic E-state index is 13.0. The van der Waals surface area contributed by atoms with E-state index in [1.165, 1.54) is 0 Å². The van der Waals surface area contributed by atoms with Crippen LogP contribution in [0.25, 0.3) is 0 Å². The van der Waals surface area contributed by atoms with Gasteiger partial charge in [0.2, 0.25) is 0 Å². The van der Waals surface area contributed by atoms with Crippen LogP contribution in [0.4, 0.5) is 8.78 Å². The Balaban J connectivity index is 1.96. The zero-order valence-electron chi connectivity index (χ0n) is 11.1. The summed E-state index contributed by atoms with van der Waals surface area (Å²) in [5, 5.41) is 9.05. The number of halogens is 2. The van der Waals surface area contributed by atoms with Crippen molar-refractivity contribution >= 4 is 15.8 Å². The molecule has 2 heterocycles. The number of piperidine rings is 1. The van der Waals surface area contributed by atoms with Gasteiger partial charge in [0.15, 0.2) is 0 Å². The van der Waals surface area contributed by atoms with E-state index in [0.717, 1.165) is 0 Å². The molecule has 116 valence electrons. The molecule has 0 amide bonds. The molecule has 2 saturated heterocycles. The van der Waals surface area contributed by atoms with Gasteiger partial charge in [0.1, 0.15) is 15.3 Å². The van der Waals surface area contributed by atoms with Crippen molar-refractivity contribution in [3.63, 3.8) is 0 Å². The molecule has 2 rings (SSSR count). The Kier molecular flexibility index (Phi) is 4.34. The van der Waals surface area contributed by atoms with Crippen molar-refractivity contribution in [2.24, 2.45) is 5.41 Å². The second kappa shape index (κ2) is 5.55. The van der Waals surface area contributed by atoms with Gasteiger partial charge in [-0.3, -0.25) is 4.79 Å². The van der Waals surface area contributed by atoms with Gasteiger partial charge < -0.3 is 10.0 Å². The van der Waals surface area contributed by atoms with Crippen molar-refractivity contribution in [2.45, 2.75) is 38.2 Å². The predicted molar refractivity (Wildman–Crippen MR) is 68.6 cm³/mol. The average molecular weight is 311 g/mol. The van der Waals surface area contributed by atoms with E-state index in [1.54, 1.807) is 0 Å². The summed E-state index contributed by atoms with van der Waals surface area (Å²) in [5.41, 5.74) is -1.93. The van der Waals surface area contributed by atoms with E-state index in [-0.39, 0.29) is 30.4 Å². The number of carboxylic acid groups (broad SMARTS) is 1. The minimum absolute atomic E-state index is 0.0722. The predicted octanol–water partition coefficient (Wildman–Crippen LogP) is 0.995. The maximum Gasteiger partial charge on any atom is 0.315 e. The van der Waals surface area contributed by atoms with Gasteiger partial charge >= 0.3 is 5.97 Å². The quantitative estimate of drug-likeness (QED) is 0.841. The topological polar surface area (TPSA) is 74.7 Å². The molecule has 20 heavy (non-hydrogen) atoms. The van der Waals surface area contributed by atoms with Gasteiger partial charge in [-0.1, -0.05) is 0 Å². The van der Waals surface area contributed by atoms with Gasteiger partial charge in [0.25, 0.3) is 6.43 Å². The van der Waals surface area contributed by atoms with Gasteiger partial charge in [0, 0.05) is 6.04 Å². The largest absolute Gasteiger partial charge is 0.481 e. The van der Waals surface area contributed by atoms with Crippen LogP contribution >= 0.6 is 0 Å². The molecule has 0 aliphatic carbocycles. The summed E-state index contributed by atoms with van der Waals surface area (Å²) in [6.45, 7) is 0.586. The number of alkyl halides is 2. The molecule has 0 saturated carbocycles. The van der Waals surface area contributed by atoms with Crippen LogP contribution in [0.1, 0.15) is 25.7 Å². The van der Waals surface area contributed by atoms with Gasteiger partial charge in [0.05, 0.1) is 11.5 Å². The Morgan fingerprint density at radius 3 is 2.10 bits per heavy atom. The van der Waals surface area contributed by atoms with Crippen molar-refractivity contribution in [1.29, 1.82) is 0 Å². The number of hydrogen-bond acceptors (Lipinski definition) is 4. The number of carboxylic acids is 1. The minimum Gasteiger partial charge on any atom is -0.481 e. The highest BCUT2D eigenvalue weighted by Gasteiger charge is 2.50. The molecule has 5 nitrogen and oxygen atoms in total. The molecule has 0 atom stereocenters. The van der Waals surface area contributed by atoms with Crippen LogP contribution in [0, 0.1) is 5.41 Å². The average Bonchev–Trinajstić information content (AvgIpc) is 2.38. The Morgan fingerprint density at radius 1 is 1.20 bits per heavy atom. The van der Waals surface area contributed by atoms with Crippen molar-refractivity contribution in [3.8, 4) is 0 Å². The van der Waals surface area contributed by atoms with Crippen molar-refractivity contribution in [3.05, 3.63) is 0 Å². The highest BCUT2D eigenvalue weighted by atomic mass is 32.2. The first-order valence-electron chi connectivity index (χ1n) is 6.73. The van der Waals surface area contributed by atoms with E-state index in [9.17, 15) is 22.0 Å². The Bertz CT molecular complexity index is 458. The van der Waals surface area contributed by atoms with E-state index in [1.807, 2.05) is 4.90 Å². The van der Waals surface area contributed by atoms with Gasteiger partial charge in [-0.25, -0.2) is 17.2 Å². The van der Waals surface area contributed by atoms with E-state index < -0.39 is 27.6 Å². The second-order valence-corrected chi connectivity index (χ2v) is 7.98. The Hall–Kier alpha value is -0.760. The van der Waals surface area contributed by atoms with Crippen molar-refractivity contribution in [2.75, 3.05) is 24.6 Å². The number of carbonyl (C=O) groups is 1. The third kappa shape index (κ3) is 2.95. The lowest BCUT2D eigenvalue weighted by Crippen LogP contribution is -2.52. The molecule has 1 N–H and O–H groups in total. The number of sulfone groups is 1. The van der Waals surface area contributed by atoms with E-state index in [2.05, 4.69) is 0 Å². The lowest BCUT2D eigenvalue weighted by atomic mass is 9.78. The molecule has 0 radical (unpaired) electrons. The number of rotatable bonds is 3. The number of likely N-dealkylation sites (tertiary alicyclic amines) is 1. The first-order valence-corrected chi connectivity index (χ1v) is 8.55. The van der Waals surface area contributed by atoms with E-state index in [4.69, 9.17) is 5.11 Å². The van der Waals surface area contributed by atoms with Gasteiger partial charge in [-0.2, -0.15) is 0 Å². The summed E-state index contributed by atoms with van der Waals surface area (Å²) >= 11 is 0. The highest BCUT2D eigenvalue weighted by molar-refractivity contribution is 7.91. The summed E-state index contributed by atoms with van der Waals surface area (Å²) in [7, 11) is -2.94. The van der Waals surface area contributed by atoms with Crippen molar-refractivity contribution < 1.29 is 27.1 Å². The molecule has 0 bridgehead atoms. The first kappa shape index (κ1) is 15.6. The van der Waals surface area contributed by atoms with Gasteiger partial charge in [-0.05, 0) is 38.8 Å². The lowest BCUT2D eigenvalue weighted by molar-refractivity contribution is -0.165. The molecule has 0 unspecified atom stereocenters. The molecular weight excluding hydrogens is 292 g/mol. The molecular formula is C12H19F2NO4S. The normalized spacial score (nSPS) is 27.6. The SMILES string of the molecule is O=C(O)C1(C(F)F)CCN(C2CCS(=O)(=O)CC2)CC1. The fourth-order valence-electron chi connectivity index (χ4n) is 3.06. The summed E-state index contributed by atoms with van der Waals surface area (Å²) in [6.07, 6.45) is -2.01. The molecule has 0 aromatic heterocycles. The zero-order chi connectivity index (χ0) is 15.0. The molecule has 2 aliphatic rings. The van der Waals surface area contributed by atoms with Crippen LogP contribution < -0.4 is 0 Å². The maximum absolute atomic E-state index is 13.0. The fraction of sp³-hybridized carbons (Fsp3) is 0.917. The first-order chi connectivity index (χ1) is 9.27. The smallest absolute Gasteiger partial charge is 0.315 e. The van der Waals surface area contributed by atoms with E-state index >= 15 is 0 Å². The third-order valence-corrected chi connectivity index (χ3v) is 6.29. The molecule has 0 spiro atoms. The summed E-state index contributed by atoms with van der Waals surface area (Å²) in [5.74, 6) is -1.17. The standard InChI is InChI=1S/C12H19F2NO4S/c13-10(14)12(11(16)17)3-5-15(6-4-12)9-1-7-20(18,19)8-2-9/h9-10H,1-8H2,(H,16,17). The Morgan fingerprint density at radius 2 is 1.70 bits per heavy atom. The summed E-state index contributed by atoms with van der Waals surface area (Å²) in [6, 6.07) is 0.0722. The second-order valence-electron chi connectivity index (χ2n) is 5.68. The third-order valence-electron chi connectivity index (χ3n) is 4.57. The molecule has 2 fully saturated rings. The zero-order valence-corrected chi connectivity index (χ0v) is 11.9. The summed E-state index contributed by atoms with van der Waals surface area (Å²) in [4.78, 5) is 13.1. The van der Waals surface area contributed by atoms with Crippen LogP contribution in [0.15, 0.2) is 0 Å². The summed E-state index contributed by atoms with van der Waals surface area (Å²) < 4.78 is 48.8. The van der Waals surface area contributed by atoms with Gasteiger partial charge in [-0.15, -0.1) is 0 Å². The number of hydrogen-bond donors (Lipinski definition) is 1.